The van der Waals surface area contributed by atoms with E-state index in [0.29, 0.717) is 41.1 Å². The van der Waals surface area contributed by atoms with Crippen molar-refractivity contribution in [1.29, 1.82) is 0 Å². The van der Waals surface area contributed by atoms with Gasteiger partial charge in [0, 0.05) is 29.5 Å². The lowest BCUT2D eigenvalue weighted by molar-refractivity contribution is -0.384. The van der Waals surface area contributed by atoms with Crippen molar-refractivity contribution in [1.82, 2.24) is 9.78 Å². The monoisotopic (exact) mass is 530 g/mol. The minimum absolute atomic E-state index is 0.0667. The summed E-state index contributed by atoms with van der Waals surface area (Å²) < 4.78 is 34.1. The first kappa shape index (κ1) is 24.7. The molecule has 2 heterocycles. The van der Waals surface area contributed by atoms with E-state index in [1.54, 1.807) is 31.5 Å². The third-order valence-corrected chi connectivity index (χ3v) is 7.72. The van der Waals surface area contributed by atoms with Crippen LogP contribution in [0.3, 0.4) is 0 Å². The van der Waals surface area contributed by atoms with Crippen LogP contribution in [-0.2, 0) is 23.3 Å². The van der Waals surface area contributed by atoms with Crippen LogP contribution in [0.4, 0.5) is 20.2 Å². The largest absolute Gasteiger partial charge is 0.497 e. The molecule has 0 N–H and O–H groups in total. The zero-order valence-corrected chi connectivity index (χ0v) is 21.1. The molecular weight excluding hydrogens is 506 g/mol. The molecule has 1 saturated carbocycles. The smallest absolute Gasteiger partial charge is 0.293 e. The number of aromatic nitrogens is 2. The summed E-state index contributed by atoms with van der Waals surface area (Å²) in [6.45, 7) is 0.271. The minimum atomic E-state index is -0.789. The Morgan fingerprint density at radius 2 is 1.82 bits per heavy atom. The number of hydrogen-bond donors (Lipinski definition) is 0. The number of nitro groups is 1. The fourth-order valence-corrected chi connectivity index (χ4v) is 5.54. The van der Waals surface area contributed by atoms with Gasteiger partial charge in [-0.1, -0.05) is 24.6 Å². The highest BCUT2D eigenvalue weighted by atomic mass is 19.1. The molecule has 0 unspecified atom stereocenters. The predicted molar refractivity (Wildman–Crippen MR) is 139 cm³/mol. The molecule has 4 aromatic rings. The van der Waals surface area contributed by atoms with Crippen molar-refractivity contribution in [2.45, 2.75) is 37.8 Å². The van der Waals surface area contributed by atoms with Crippen molar-refractivity contribution in [3.8, 4) is 17.0 Å². The number of benzene rings is 3. The summed E-state index contributed by atoms with van der Waals surface area (Å²) >= 11 is 0. The van der Waals surface area contributed by atoms with E-state index in [0.717, 1.165) is 18.1 Å². The van der Waals surface area contributed by atoms with Crippen molar-refractivity contribution in [3.05, 3.63) is 105 Å². The zero-order chi connectivity index (χ0) is 27.3. The van der Waals surface area contributed by atoms with Gasteiger partial charge >= 0.3 is 0 Å². The van der Waals surface area contributed by atoms with Crippen molar-refractivity contribution >= 4 is 17.3 Å². The number of rotatable bonds is 7. The Morgan fingerprint density at radius 1 is 1.05 bits per heavy atom. The van der Waals surface area contributed by atoms with Crippen LogP contribution in [-0.4, -0.2) is 27.7 Å². The zero-order valence-electron chi connectivity index (χ0n) is 21.1. The van der Waals surface area contributed by atoms with Crippen LogP contribution in [0.1, 0.15) is 36.0 Å². The lowest BCUT2D eigenvalue weighted by Gasteiger charge is -2.37. The molecule has 39 heavy (non-hydrogen) atoms. The summed E-state index contributed by atoms with van der Waals surface area (Å²) in [7, 11) is 1.57. The summed E-state index contributed by atoms with van der Waals surface area (Å²) in [6, 6.07) is 15.6. The molecule has 1 amide bonds. The lowest BCUT2D eigenvalue weighted by atomic mass is 9.65. The minimum Gasteiger partial charge on any atom is -0.497 e. The van der Waals surface area contributed by atoms with Crippen molar-refractivity contribution in [2.75, 3.05) is 12.0 Å². The molecule has 1 aliphatic heterocycles. The number of anilines is 1. The predicted octanol–water partition coefficient (Wildman–Crippen LogP) is 5.76. The molecule has 0 radical (unpaired) electrons. The number of nitrogens with zero attached hydrogens (tertiary/aromatic N) is 4. The van der Waals surface area contributed by atoms with E-state index in [4.69, 9.17) is 4.74 Å². The molecule has 0 atom stereocenters. The molecule has 1 fully saturated rings. The van der Waals surface area contributed by atoms with E-state index in [1.807, 2.05) is 18.2 Å². The Bertz CT molecular complexity index is 1610. The fraction of sp³-hybridized carbons (Fsp3) is 0.241. The molecule has 3 aromatic carbocycles. The SMILES string of the molecule is COc1ccc(CN2C(=O)C3(CCC3)c3cc(-c4ccn(Cc5ccc(F)cc5F)n4)cc([N+](=O)[O-])c32)cc1. The average molecular weight is 531 g/mol. The second-order valence-corrected chi connectivity index (χ2v) is 9.96. The second-order valence-electron chi connectivity index (χ2n) is 9.96. The van der Waals surface area contributed by atoms with Gasteiger partial charge in [0.2, 0.25) is 5.91 Å². The van der Waals surface area contributed by atoms with E-state index >= 15 is 0 Å². The average Bonchev–Trinajstić information content (AvgIpc) is 3.46. The van der Waals surface area contributed by atoms with Crippen LogP contribution in [0, 0.1) is 21.7 Å². The van der Waals surface area contributed by atoms with Gasteiger partial charge < -0.3 is 9.64 Å². The Morgan fingerprint density at radius 3 is 2.46 bits per heavy atom. The van der Waals surface area contributed by atoms with Gasteiger partial charge in [-0.25, -0.2) is 8.78 Å². The van der Waals surface area contributed by atoms with Crippen molar-refractivity contribution in [3.63, 3.8) is 0 Å². The highest BCUT2D eigenvalue weighted by Crippen LogP contribution is 2.57. The number of carbonyl (C=O) groups is 1. The van der Waals surface area contributed by atoms with Crippen LogP contribution >= 0.6 is 0 Å². The number of carbonyl (C=O) groups excluding carboxylic acids is 1. The molecule has 2 aliphatic rings. The number of nitro benzene ring substituents is 1. The summed E-state index contributed by atoms with van der Waals surface area (Å²) in [5, 5.41) is 16.8. The van der Waals surface area contributed by atoms with Crippen LogP contribution < -0.4 is 9.64 Å². The molecule has 1 spiro atoms. The molecular formula is C29H24F2N4O4. The normalized spacial score (nSPS) is 15.4. The molecule has 1 aliphatic carbocycles. The third-order valence-electron chi connectivity index (χ3n) is 7.72. The molecule has 6 rings (SSSR count). The Balaban J connectivity index is 1.39. The second kappa shape index (κ2) is 9.30. The van der Waals surface area contributed by atoms with E-state index in [-0.39, 0.29) is 30.2 Å². The topological polar surface area (TPSA) is 90.5 Å². The van der Waals surface area contributed by atoms with Crippen molar-refractivity contribution in [2.24, 2.45) is 0 Å². The first-order valence-corrected chi connectivity index (χ1v) is 12.5. The maximum atomic E-state index is 14.2. The highest BCUT2D eigenvalue weighted by molar-refractivity contribution is 6.11. The van der Waals surface area contributed by atoms with E-state index in [2.05, 4.69) is 5.10 Å². The first-order chi connectivity index (χ1) is 18.8. The van der Waals surface area contributed by atoms with E-state index in [1.165, 1.54) is 27.8 Å². The summed E-state index contributed by atoms with van der Waals surface area (Å²) in [5.41, 5.74) is 2.08. The molecule has 10 heteroatoms. The lowest BCUT2D eigenvalue weighted by Crippen LogP contribution is -2.44. The summed E-state index contributed by atoms with van der Waals surface area (Å²) in [4.78, 5) is 27.2. The van der Waals surface area contributed by atoms with Crippen LogP contribution in [0.25, 0.3) is 11.3 Å². The summed E-state index contributed by atoms with van der Waals surface area (Å²) in [5.74, 6) is -0.789. The quantitative estimate of drug-likeness (QED) is 0.224. The fourth-order valence-electron chi connectivity index (χ4n) is 5.54. The number of hydrogen-bond acceptors (Lipinski definition) is 5. The Hall–Kier alpha value is -4.60. The van der Waals surface area contributed by atoms with Gasteiger partial charge in [0.25, 0.3) is 5.69 Å². The molecule has 8 nitrogen and oxygen atoms in total. The highest BCUT2D eigenvalue weighted by Gasteiger charge is 2.56. The van der Waals surface area contributed by atoms with Gasteiger partial charge in [0.05, 0.1) is 36.2 Å². The van der Waals surface area contributed by atoms with Gasteiger partial charge in [-0.3, -0.25) is 19.6 Å². The number of methoxy groups -OCH3 is 1. The Kier molecular flexibility index (Phi) is 5.90. The van der Waals surface area contributed by atoms with E-state index in [9.17, 15) is 23.7 Å². The molecule has 1 aromatic heterocycles. The molecule has 0 saturated heterocycles. The van der Waals surface area contributed by atoms with Crippen molar-refractivity contribution < 1.29 is 23.2 Å². The number of halogens is 2. The first-order valence-electron chi connectivity index (χ1n) is 12.5. The maximum Gasteiger partial charge on any atom is 0.293 e. The van der Waals surface area contributed by atoms with Crippen LogP contribution in [0.5, 0.6) is 5.75 Å². The van der Waals surface area contributed by atoms with Crippen LogP contribution in [0.15, 0.2) is 66.9 Å². The molecule has 198 valence electrons. The number of amides is 1. The van der Waals surface area contributed by atoms with Gasteiger partial charge in [-0.05, 0) is 54.3 Å². The summed E-state index contributed by atoms with van der Waals surface area (Å²) in [6.07, 6.45) is 3.74. The van der Waals surface area contributed by atoms with E-state index < -0.39 is 22.0 Å². The number of ether oxygens (including phenoxy) is 1. The van der Waals surface area contributed by atoms with Gasteiger partial charge in [-0.2, -0.15) is 5.10 Å². The number of fused-ring (bicyclic) bond motifs is 2. The van der Waals surface area contributed by atoms with Crippen LogP contribution in [0.2, 0.25) is 0 Å². The third kappa shape index (κ3) is 4.12. The Labute approximate surface area is 222 Å². The van der Waals surface area contributed by atoms with Gasteiger partial charge in [-0.15, -0.1) is 0 Å². The van der Waals surface area contributed by atoms with Gasteiger partial charge in [0.1, 0.15) is 23.1 Å². The maximum absolute atomic E-state index is 14.2. The molecule has 0 bridgehead atoms. The van der Waals surface area contributed by atoms with Gasteiger partial charge in [0.15, 0.2) is 0 Å². The standard InChI is InChI=1S/C29H24F2N4O4/c1-39-22-7-3-18(4-8-22)16-34-27-23(29(28(34)36)10-2-11-29)13-20(14-26(27)35(37)38)25-9-12-33(32-25)17-19-5-6-21(30)15-24(19)31/h3-9,12-15H,2,10-11,16-17H2,1H3.